The van der Waals surface area contributed by atoms with Crippen molar-refractivity contribution in [2.24, 2.45) is 0 Å². The van der Waals surface area contributed by atoms with Crippen molar-refractivity contribution in [3.8, 4) is 5.75 Å². The van der Waals surface area contributed by atoms with E-state index in [1.807, 2.05) is 0 Å². The van der Waals surface area contributed by atoms with E-state index < -0.39 is 14.8 Å². The summed E-state index contributed by atoms with van der Waals surface area (Å²) < 4.78 is 30.9. The van der Waals surface area contributed by atoms with E-state index in [0.29, 0.717) is 31.6 Å². The predicted molar refractivity (Wildman–Crippen MR) is 83.7 cm³/mol. The Morgan fingerprint density at radius 1 is 1.35 bits per heavy atom. The molecule has 23 heavy (non-hydrogen) atoms. The first kappa shape index (κ1) is 16.1. The summed E-state index contributed by atoms with van der Waals surface area (Å²) in [6.07, 6.45) is 5.84. The SMILES string of the molecule is COc1cnc(N(C)C(=O)CN2CCCC3(CC3)S2(=O)=O)nc1. The smallest absolute Gasteiger partial charge is 0.244 e. The van der Waals surface area contributed by atoms with Crippen molar-refractivity contribution in [1.82, 2.24) is 14.3 Å². The number of hydrogen-bond acceptors (Lipinski definition) is 6. The van der Waals surface area contributed by atoms with Crippen LogP contribution in [0.2, 0.25) is 0 Å². The Morgan fingerprint density at radius 3 is 2.57 bits per heavy atom. The number of carbonyl (C=O) groups excluding carboxylic acids is 1. The van der Waals surface area contributed by atoms with Gasteiger partial charge in [0.1, 0.15) is 0 Å². The van der Waals surface area contributed by atoms with E-state index in [4.69, 9.17) is 4.74 Å². The summed E-state index contributed by atoms with van der Waals surface area (Å²) in [7, 11) is -0.350. The molecule has 3 rings (SSSR count). The topological polar surface area (TPSA) is 92.7 Å². The van der Waals surface area contributed by atoms with Crippen LogP contribution in [-0.4, -0.2) is 60.6 Å². The number of aromatic nitrogens is 2. The minimum Gasteiger partial charge on any atom is -0.494 e. The molecule has 126 valence electrons. The molecular formula is C14H20N4O4S. The molecule has 0 aromatic carbocycles. The lowest BCUT2D eigenvalue weighted by Crippen LogP contribution is -2.49. The maximum absolute atomic E-state index is 12.6. The maximum Gasteiger partial charge on any atom is 0.244 e. The Labute approximate surface area is 135 Å². The van der Waals surface area contributed by atoms with Crippen molar-refractivity contribution in [3.63, 3.8) is 0 Å². The summed E-state index contributed by atoms with van der Waals surface area (Å²) in [5.41, 5.74) is 0. The largest absolute Gasteiger partial charge is 0.494 e. The van der Waals surface area contributed by atoms with Gasteiger partial charge in [-0.25, -0.2) is 18.4 Å². The molecule has 1 aromatic rings. The van der Waals surface area contributed by atoms with Gasteiger partial charge in [0.2, 0.25) is 21.9 Å². The first-order valence-electron chi connectivity index (χ1n) is 7.52. The molecule has 0 bridgehead atoms. The lowest BCUT2D eigenvalue weighted by molar-refractivity contribution is -0.118. The van der Waals surface area contributed by atoms with E-state index >= 15 is 0 Å². The van der Waals surface area contributed by atoms with E-state index in [-0.39, 0.29) is 18.4 Å². The van der Waals surface area contributed by atoms with Crippen LogP contribution in [-0.2, 0) is 14.8 Å². The first-order valence-corrected chi connectivity index (χ1v) is 8.96. The zero-order chi connectivity index (χ0) is 16.7. The molecular weight excluding hydrogens is 320 g/mol. The van der Waals surface area contributed by atoms with Crippen LogP contribution >= 0.6 is 0 Å². The van der Waals surface area contributed by atoms with Crippen LogP contribution < -0.4 is 9.64 Å². The summed E-state index contributed by atoms with van der Waals surface area (Å²) in [4.78, 5) is 21.7. The van der Waals surface area contributed by atoms with Crippen LogP contribution in [0.4, 0.5) is 5.95 Å². The molecule has 1 saturated heterocycles. The second kappa shape index (κ2) is 5.72. The zero-order valence-electron chi connectivity index (χ0n) is 13.2. The van der Waals surface area contributed by atoms with Crippen molar-refractivity contribution < 1.29 is 17.9 Å². The van der Waals surface area contributed by atoms with Gasteiger partial charge in [0.15, 0.2) is 5.75 Å². The van der Waals surface area contributed by atoms with Crippen LogP contribution in [0.5, 0.6) is 5.75 Å². The van der Waals surface area contributed by atoms with E-state index in [0.717, 1.165) is 6.42 Å². The van der Waals surface area contributed by atoms with E-state index in [1.54, 1.807) is 0 Å². The fraction of sp³-hybridized carbons (Fsp3) is 0.643. The van der Waals surface area contributed by atoms with Gasteiger partial charge in [0, 0.05) is 13.6 Å². The van der Waals surface area contributed by atoms with Gasteiger partial charge in [-0.15, -0.1) is 0 Å². The molecule has 0 N–H and O–H groups in total. The third kappa shape index (κ3) is 2.78. The monoisotopic (exact) mass is 340 g/mol. The molecule has 1 spiro atoms. The van der Waals surface area contributed by atoms with Crippen LogP contribution in [0, 0.1) is 0 Å². The summed E-state index contributed by atoms with van der Waals surface area (Å²) >= 11 is 0. The van der Waals surface area contributed by atoms with Gasteiger partial charge >= 0.3 is 0 Å². The third-order valence-electron chi connectivity index (χ3n) is 4.57. The van der Waals surface area contributed by atoms with Gasteiger partial charge in [-0.2, -0.15) is 4.31 Å². The van der Waals surface area contributed by atoms with Crippen molar-refractivity contribution in [3.05, 3.63) is 12.4 Å². The Hall–Kier alpha value is -1.74. The van der Waals surface area contributed by atoms with Gasteiger partial charge in [0.05, 0.1) is 30.8 Å². The summed E-state index contributed by atoms with van der Waals surface area (Å²) in [6.45, 7) is 0.225. The van der Waals surface area contributed by atoms with Crippen LogP contribution in [0.1, 0.15) is 25.7 Å². The standard InChI is InChI=1S/C14H20N4O4S/c1-17(13-15-8-11(22-2)9-16-13)12(19)10-18-7-3-4-14(5-6-14)23(18,20)21/h8-9H,3-7,10H2,1-2H3. The molecule has 1 amide bonds. The predicted octanol–water partition coefficient (Wildman–Crippen LogP) is 0.406. The highest BCUT2D eigenvalue weighted by atomic mass is 32.2. The van der Waals surface area contributed by atoms with Gasteiger partial charge < -0.3 is 4.74 Å². The Kier molecular flexibility index (Phi) is 4.01. The highest BCUT2D eigenvalue weighted by Gasteiger charge is 2.58. The number of carbonyl (C=O) groups is 1. The normalized spacial score (nSPS) is 21.8. The Bertz CT molecular complexity index is 700. The van der Waals surface area contributed by atoms with Crippen molar-refractivity contribution in [2.45, 2.75) is 30.4 Å². The number of ether oxygens (including phenoxy) is 1. The number of rotatable bonds is 4. The lowest BCUT2D eigenvalue weighted by atomic mass is 10.2. The second-order valence-electron chi connectivity index (χ2n) is 6.00. The fourth-order valence-electron chi connectivity index (χ4n) is 2.87. The van der Waals surface area contributed by atoms with Crippen molar-refractivity contribution in [2.75, 3.05) is 32.1 Å². The van der Waals surface area contributed by atoms with Crippen molar-refractivity contribution in [1.29, 1.82) is 0 Å². The molecule has 2 fully saturated rings. The van der Waals surface area contributed by atoms with Crippen LogP contribution in [0.25, 0.3) is 0 Å². The second-order valence-corrected chi connectivity index (χ2v) is 8.33. The van der Waals surface area contributed by atoms with Crippen LogP contribution in [0.15, 0.2) is 12.4 Å². The number of hydrogen-bond donors (Lipinski definition) is 0. The quantitative estimate of drug-likeness (QED) is 0.788. The Balaban J connectivity index is 1.70. The van der Waals surface area contributed by atoms with Crippen LogP contribution in [0.3, 0.4) is 0 Å². The number of methoxy groups -OCH3 is 1. The molecule has 1 aromatic heterocycles. The zero-order valence-corrected chi connectivity index (χ0v) is 14.0. The molecule has 1 saturated carbocycles. The fourth-order valence-corrected chi connectivity index (χ4v) is 5.09. The summed E-state index contributed by atoms with van der Waals surface area (Å²) in [6, 6.07) is 0. The molecule has 2 aliphatic rings. The average Bonchev–Trinajstić information content (AvgIpc) is 3.33. The number of nitrogens with zero attached hydrogens (tertiary/aromatic N) is 4. The molecule has 1 aliphatic carbocycles. The molecule has 1 aliphatic heterocycles. The molecule has 0 unspecified atom stereocenters. The van der Waals surface area contributed by atoms with Crippen molar-refractivity contribution >= 4 is 21.9 Å². The summed E-state index contributed by atoms with van der Waals surface area (Å²) in [5.74, 6) is 0.353. The molecule has 8 nitrogen and oxygen atoms in total. The number of anilines is 1. The third-order valence-corrected chi connectivity index (χ3v) is 7.27. The lowest BCUT2D eigenvalue weighted by Gasteiger charge is -2.32. The van der Waals surface area contributed by atoms with E-state index in [1.165, 1.54) is 35.8 Å². The van der Waals surface area contributed by atoms with Gasteiger partial charge in [-0.1, -0.05) is 0 Å². The minimum atomic E-state index is -3.39. The highest BCUT2D eigenvalue weighted by molar-refractivity contribution is 7.90. The maximum atomic E-state index is 12.6. The first-order chi connectivity index (χ1) is 10.9. The van der Waals surface area contributed by atoms with Gasteiger partial charge in [-0.05, 0) is 25.7 Å². The molecule has 9 heteroatoms. The average molecular weight is 340 g/mol. The minimum absolute atomic E-state index is 0.171. The number of sulfonamides is 1. The molecule has 0 atom stereocenters. The molecule has 0 radical (unpaired) electrons. The van der Waals surface area contributed by atoms with Gasteiger partial charge in [0.25, 0.3) is 0 Å². The number of likely N-dealkylation sites (N-methyl/N-ethyl adjacent to an activating group) is 1. The highest BCUT2D eigenvalue weighted by Crippen LogP contribution is 2.50. The molecule has 2 heterocycles. The van der Waals surface area contributed by atoms with E-state index in [2.05, 4.69) is 9.97 Å². The number of amides is 1. The van der Waals surface area contributed by atoms with Gasteiger partial charge in [-0.3, -0.25) is 9.69 Å². The van der Waals surface area contributed by atoms with E-state index in [9.17, 15) is 13.2 Å². The Morgan fingerprint density at radius 2 is 2.00 bits per heavy atom. The summed E-state index contributed by atoms with van der Waals surface area (Å²) in [5, 5.41) is 0.